The van der Waals surface area contributed by atoms with Gasteiger partial charge in [0, 0.05) is 54.3 Å². The van der Waals surface area contributed by atoms with Gasteiger partial charge in [0.05, 0.1) is 5.52 Å². The number of hydrogen-bond acceptors (Lipinski definition) is 4. The Kier molecular flexibility index (Phi) is 6.81. The Morgan fingerprint density at radius 1 is 1.04 bits per heavy atom. The first kappa shape index (κ1) is 18.6. The summed E-state index contributed by atoms with van der Waals surface area (Å²) in [6.45, 7) is 6.31. The van der Waals surface area contributed by atoms with Crippen molar-refractivity contribution < 1.29 is 0 Å². The van der Waals surface area contributed by atoms with Crippen LogP contribution in [0.2, 0.25) is 5.02 Å². The minimum Gasteiger partial charge on any atom is -0.384 e. The molecular formula is C21H25ClN4. The van der Waals surface area contributed by atoms with Crippen LogP contribution in [0.25, 0.3) is 10.9 Å². The van der Waals surface area contributed by atoms with Crippen LogP contribution in [0.1, 0.15) is 25.3 Å². The van der Waals surface area contributed by atoms with Crippen molar-refractivity contribution in [2.75, 3.05) is 25.0 Å². The van der Waals surface area contributed by atoms with Gasteiger partial charge in [-0.25, -0.2) is 0 Å². The molecule has 0 saturated heterocycles. The molecular weight excluding hydrogens is 344 g/mol. The molecule has 2 aromatic heterocycles. The molecule has 0 aliphatic carbocycles. The van der Waals surface area contributed by atoms with Crippen LogP contribution in [0.15, 0.2) is 55.0 Å². The average molecular weight is 369 g/mol. The van der Waals surface area contributed by atoms with Crippen LogP contribution in [0, 0.1) is 0 Å². The lowest BCUT2D eigenvalue weighted by Gasteiger charge is -2.22. The molecule has 136 valence electrons. The Hall–Kier alpha value is -2.17. The number of fused-ring (bicyclic) bond motifs is 1. The highest BCUT2D eigenvalue weighted by molar-refractivity contribution is 6.31. The van der Waals surface area contributed by atoms with E-state index < -0.39 is 0 Å². The molecule has 5 heteroatoms. The molecule has 0 radical (unpaired) electrons. The number of benzene rings is 1. The first-order valence-corrected chi connectivity index (χ1v) is 9.53. The van der Waals surface area contributed by atoms with Crippen molar-refractivity contribution in [2.24, 2.45) is 0 Å². The van der Waals surface area contributed by atoms with Gasteiger partial charge in [0.1, 0.15) is 0 Å². The van der Waals surface area contributed by atoms with E-state index in [2.05, 4.69) is 39.2 Å². The summed E-state index contributed by atoms with van der Waals surface area (Å²) in [6.07, 6.45) is 7.80. The molecule has 0 saturated carbocycles. The maximum absolute atomic E-state index is 6.06. The van der Waals surface area contributed by atoms with Crippen molar-refractivity contribution in [3.63, 3.8) is 0 Å². The minimum atomic E-state index is 0.716. The highest BCUT2D eigenvalue weighted by atomic mass is 35.5. The molecule has 1 aromatic carbocycles. The van der Waals surface area contributed by atoms with E-state index in [1.807, 2.05) is 42.9 Å². The van der Waals surface area contributed by atoms with Crippen molar-refractivity contribution in [3.05, 3.63) is 65.6 Å². The maximum atomic E-state index is 6.06. The van der Waals surface area contributed by atoms with Gasteiger partial charge in [0.2, 0.25) is 0 Å². The molecule has 0 amide bonds. The van der Waals surface area contributed by atoms with Crippen LogP contribution in [-0.2, 0) is 6.54 Å². The van der Waals surface area contributed by atoms with Gasteiger partial charge in [-0.2, -0.15) is 0 Å². The second-order valence-corrected chi connectivity index (χ2v) is 6.87. The number of nitrogens with one attached hydrogen (secondary N) is 1. The van der Waals surface area contributed by atoms with Crippen molar-refractivity contribution in [2.45, 2.75) is 26.3 Å². The molecule has 3 aromatic rings. The van der Waals surface area contributed by atoms with Gasteiger partial charge >= 0.3 is 0 Å². The Balaban J connectivity index is 1.54. The number of hydrogen-bond donors (Lipinski definition) is 1. The van der Waals surface area contributed by atoms with Gasteiger partial charge in [-0.1, -0.05) is 18.5 Å². The number of nitrogens with zero attached hydrogens (tertiary/aromatic N) is 3. The van der Waals surface area contributed by atoms with E-state index in [0.29, 0.717) is 5.02 Å². The van der Waals surface area contributed by atoms with E-state index in [0.717, 1.165) is 55.6 Å². The van der Waals surface area contributed by atoms with Crippen LogP contribution < -0.4 is 5.32 Å². The van der Waals surface area contributed by atoms with Gasteiger partial charge in [-0.3, -0.25) is 14.9 Å². The normalized spacial score (nSPS) is 11.2. The molecule has 4 nitrogen and oxygen atoms in total. The summed E-state index contributed by atoms with van der Waals surface area (Å²) in [6, 6.07) is 12.1. The molecule has 0 fully saturated rings. The van der Waals surface area contributed by atoms with E-state index in [1.54, 1.807) is 0 Å². The fraction of sp³-hybridized carbons (Fsp3) is 0.333. The molecule has 0 aliphatic rings. The second-order valence-electron chi connectivity index (χ2n) is 6.43. The van der Waals surface area contributed by atoms with E-state index in [4.69, 9.17) is 11.6 Å². The Morgan fingerprint density at radius 3 is 2.69 bits per heavy atom. The predicted molar refractivity (Wildman–Crippen MR) is 110 cm³/mol. The van der Waals surface area contributed by atoms with Gasteiger partial charge in [0.25, 0.3) is 0 Å². The Morgan fingerprint density at radius 2 is 1.88 bits per heavy atom. The zero-order chi connectivity index (χ0) is 18.2. The zero-order valence-electron chi connectivity index (χ0n) is 15.2. The fourth-order valence-corrected chi connectivity index (χ4v) is 3.30. The summed E-state index contributed by atoms with van der Waals surface area (Å²) in [5.41, 5.74) is 3.36. The lowest BCUT2D eigenvalue weighted by Crippen LogP contribution is -2.26. The molecule has 1 N–H and O–H groups in total. The number of rotatable bonds is 9. The second kappa shape index (κ2) is 9.51. The van der Waals surface area contributed by atoms with Crippen LogP contribution in [-0.4, -0.2) is 34.5 Å². The van der Waals surface area contributed by atoms with Crippen molar-refractivity contribution in [1.82, 2.24) is 14.9 Å². The first-order valence-electron chi connectivity index (χ1n) is 9.15. The Labute approximate surface area is 160 Å². The standard InChI is InChI=1S/C21H25ClN4/c1-2-13-26(16-17-6-10-23-11-7-17)14-3-9-24-20-8-12-25-21-15-18(22)4-5-19(20)21/h4-8,10-12,15H,2-3,9,13-14,16H2,1H3,(H,24,25). The minimum absolute atomic E-state index is 0.716. The molecule has 0 bridgehead atoms. The lowest BCUT2D eigenvalue weighted by molar-refractivity contribution is 0.265. The fourth-order valence-electron chi connectivity index (χ4n) is 3.13. The topological polar surface area (TPSA) is 41.0 Å². The Bertz CT molecular complexity index is 823. The number of pyridine rings is 2. The highest BCUT2D eigenvalue weighted by Gasteiger charge is 2.06. The van der Waals surface area contributed by atoms with E-state index >= 15 is 0 Å². The lowest BCUT2D eigenvalue weighted by atomic mass is 10.2. The first-order chi connectivity index (χ1) is 12.8. The van der Waals surface area contributed by atoms with Crippen molar-refractivity contribution >= 4 is 28.2 Å². The molecule has 0 spiro atoms. The smallest absolute Gasteiger partial charge is 0.0737 e. The third kappa shape index (κ3) is 5.16. The predicted octanol–water partition coefficient (Wildman–Crippen LogP) is 5.00. The van der Waals surface area contributed by atoms with Crippen molar-refractivity contribution in [3.8, 4) is 0 Å². The van der Waals surface area contributed by atoms with Crippen LogP contribution >= 0.6 is 11.6 Å². The van der Waals surface area contributed by atoms with Crippen LogP contribution in [0.5, 0.6) is 0 Å². The quantitative estimate of drug-likeness (QED) is 0.540. The highest BCUT2D eigenvalue weighted by Crippen LogP contribution is 2.24. The summed E-state index contributed by atoms with van der Waals surface area (Å²) < 4.78 is 0. The molecule has 0 unspecified atom stereocenters. The van der Waals surface area contributed by atoms with E-state index in [9.17, 15) is 0 Å². The van der Waals surface area contributed by atoms with Crippen LogP contribution in [0.4, 0.5) is 5.69 Å². The number of halogens is 1. The molecule has 2 heterocycles. The van der Waals surface area contributed by atoms with Crippen LogP contribution in [0.3, 0.4) is 0 Å². The van der Waals surface area contributed by atoms with E-state index in [-0.39, 0.29) is 0 Å². The molecule has 0 atom stereocenters. The van der Waals surface area contributed by atoms with Gasteiger partial charge < -0.3 is 5.32 Å². The number of anilines is 1. The third-order valence-electron chi connectivity index (χ3n) is 4.37. The molecule has 26 heavy (non-hydrogen) atoms. The average Bonchev–Trinajstić information content (AvgIpc) is 2.66. The summed E-state index contributed by atoms with van der Waals surface area (Å²) in [5, 5.41) is 5.38. The van der Waals surface area contributed by atoms with Gasteiger partial charge in [-0.05, 0) is 61.3 Å². The zero-order valence-corrected chi connectivity index (χ0v) is 15.9. The summed E-state index contributed by atoms with van der Waals surface area (Å²) in [4.78, 5) is 11.0. The monoisotopic (exact) mass is 368 g/mol. The van der Waals surface area contributed by atoms with Gasteiger partial charge in [0.15, 0.2) is 0 Å². The maximum Gasteiger partial charge on any atom is 0.0737 e. The third-order valence-corrected chi connectivity index (χ3v) is 4.60. The molecule has 3 rings (SSSR count). The van der Waals surface area contributed by atoms with Gasteiger partial charge in [-0.15, -0.1) is 0 Å². The van der Waals surface area contributed by atoms with Crippen molar-refractivity contribution in [1.29, 1.82) is 0 Å². The van der Waals surface area contributed by atoms with E-state index in [1.165, 1.54) is 5.56 Å². The SMILES string of the molecule is CCCN(CCCNc1ccnc2cc(Cl)ccc12)Cc1ccncc1. The largest absolute Gasteiger partial charge is 0.384 e. The number of aromatic nitrogens is 2. The summed E-state index contributed by atoms with van der Waals surface area (Å²) >= 11 is 6.06. The summed E-state index contributed by atoms with van der Waals surface area (Å²) in [5.74, 6) is 0. The summed E-state index contributed by atoms with van der Waals surface area (Å²) in [7, 11) is 0. The molecule has 0 aliphatic heterocycles.